The van der Waals surface area contributed by atoms with Crippen molar-refractivity contribution in [1.29, 1.82) is 0 Å². The summed E-state index contributed by atoms with van der Waals surface area (Å²) >= 11 is 0. The number of rotatable bonds is 10. The molecule has 0 aromatic heterocycles. The minimum absolute atomic E-state index is 0. The summed E-state index contributed by atoms with van der Waals surface area (Å²) in [6, 6.07) is 0. The molecule has 0 unspecified atom stereocenters. The molecule has 0 aromatic carbocycles. The van der Waals surface area contributed by atoms with Crippen LogP contribution >= 0.6 is 0 Å². The number of allylic oxidation sites excluding steroid dienone is 6. The van der Waals surface area contributed by atoms with Crippen LogP contribution in [0.1, 0.15) is 32.6 Å². The zero-order valence-corrected chi connectivity index (χ0v) is 25.0. The van der Waals surface area contributed by atoms with Crippen molar-refractivity contribution in [3.63, 3.8) is 0 Å². The maximum atomic E-state index is 6.06. The molecule has 0 radical (unpaired) electrons. The quantitative estimate of drug-likeness (QED) is 0.287. The van der Waals surface area contributed by atoms with Crippen molar-refractivity contribution in [3.05, 3.63) is 46.6 Å². The fraction of sp³-hybridized carbons (Fsp3) is 0.636. The van der Waals surface area contributed by atoms with Crippen molar-refractivity contribution in [2.75, 3.05) is 13.2 Å². The van der Waals surface area contributed by atoms with Crippen LogP contribution in [0.2, 0.25) is 39.3 Å². The summed E-state index contributed by atoms with van der Waals surface area (Å²) in [6.07, 6.45) is 15.7. The van der Waals surface area contributed by atoms with E-state index in [1.807, 2.05) is 0 Å². The zero-order valence-electron chi connectivity index (χ0n) is 19.0. The smallest absolute Gasteiger partial charge is 1.00 e. The molecule has 0 bridgehead atoms. The molecule has 2 aliphatic carbocycles. The molecule has 0 saturated carbocycles. The van der Waals surface area contributed by atoms with E-state index in [0.717, 1.165) is 38.9 Å². The van der Waals surface area contributed by atoms with E-state index in [-0.39, 0.29) is 51.0 Å². The van der Waals surface area contributed by atoms with Crippen LogP contribution < -0.4 is 24.8 Å². The normalized spacial score (nSPS) is 16.3. The summed E-state index contributed by atoms with van der Waals surface area (Å²) in [5, 5.41) is 0. The maximum Gasteiger partial charge on any atom is 4.00 e. The van der Waals surface area contributed by atoms with Gasteiger partial charge in [-0.3, -0.25) is 12.2 Å². The van der Waals surface area contributed by atoms with Crippen molar-refractivity contribution in [3.8, 4) is 0 Å². The fourth-order valence-corrected chi connectivity index (χ4v) is 4.88. The van der Waals surface area contributed by atoms with Gasteiger partial charge in [0.15, 0.2) is 16.6 Å². The molecule has 162 valence electrons. The Bertz CT molecular complexity index is 576. The molecule has 0 heterocycles. The largest absolute Gasteiger partial charge is 4.00 e. The van der Waals surface area contributed by atoms with Gasteiger partial charge in [-0.1, -0.05) is 6.92 Å². The summed E-state index contributed by atoms with van der Waals surface area (Å²) in [6.45, 7) is 17.5. The first-order chi connectivity index (χ1) is 12.1. The Hall–Kier alpha value is 0.777. The van der Waals surface area contributed by atoms with Gasteiger partial charge in [0.2, 0.25) is 0 Å². The Morgan fingerprint density at radius 1 is 0.793 bits per heavy atom. The summed E-state index contributed by atoms with van der Waals surface area (Å²) in [7, 11) is -2.88. The molecule has 29 heavy (non-hydrogen) atoms. The van der Waals surface area contributed by atoms with E-state index in [0.29, 0.717) is 5.92 Å². The van der Waals surface area contributed by atoms with Gasteiger partial charge in [0.1, 0.15) is 0 Å². The van der Waals surface area contributed by atoms with Gasteiger partial charge in [-0.2, -0.15) is 12.2 Å². The third-order valence-electron chi connectivity index (χ3n) is 4.68. The van der Waals surface area contributed by atoms with Crippen LogP contribution in [0, 0.1) is 18.1 Å². The summed E-state index contributed by atoms with van der Waals surface area (Å²) in [5.74, 6) is 0.420. The van der Waals surface area contributed by atoms with Crippen molar-refractivity contribution in [1.82, 2.24) is 0 Å². The summed E-state index contributed by atoms with van der Waals surface area (Å²) in [4.78, 5) is 0. The predicted octanol–water partition coefficient (Wildman–Crippen LogP) is 0.231. The molecule has 0 amide bonds. The topological polar surface area (TPSA) is 18.5 Å². The van der Waals surface area contributed by atoms with Crippen LogP contribution in [0.4, 0.5) is 0 Å². The third kappa shape index (κ3) is 11.3. The Kier molecular flexibility index (Phi) is 15.5. The predicted molar refractivity (Wildman–Crippen MR) is 116 cm³/mol. The molecule has 7 heteroatoms. The first kappa shape index (κ1) is 32.0. The monoisotopic (exact) mass is 548 g/mol. The van der Waals surface area contributed by atoms with E-state index in [4.69, 9.17) is 8.85 Å². The van der Waals surface area contributed by atoms with Gasteiger partial charge in [-0.25, -0.2) is 22.3 Å². The Balaban J connectivity index is 0. The van der Waals surface area contributed by atoms with Crippen LogP contribution in [0.25, 0.3) is 0 Å². The second-order valence-corrected chi connectivity index (χ2v) is 18.2. The van der Waals surface area contributed by atoms with E-state index in [1.165, 1.54) is 22.3 Å². The van der Waals surface area contributed by atoms with Gasteiger partial charge < -0.3 is 33.7 Å². The molecule has 2 rings (SSSR count). The van der Waals surface area contributed by atoms with Crippen LogP contribution in [-0.2, 0) is 35.1 Å². The number of hydrogen-bond donors (Lipinski definition) is 0. The van der Waals surface area contributed by atoms with E-state index in [9.17, 15) is 0 Å². The minimum Gasteiger partial charge on any atom is -1.00 e. The molecule has 0 atom stereocenters. The molecule has 2 aliphatic rings. The molecular weight excluding hydrogens is 515 g/mol. The maximum absolute atomic E-state index is 6.06. The van der Waals surface area contributed by atoms with Crippen LogP contribution in [0.15, 0.2) is 34.4 Å². The first-order valence-corrected chi connectivity index (χ1v) is 16.8. The molecule has 0 aliphatic heterocycles. The van der Waals surface area contributed by atoms with E-state index in [1.54, 1.807) is 0 Å². The third-order valence-corrected chi connectivity index (χ3v) is 6.82. The standard InChI is InChI=1S/C22H36O2Si2.2ClH.Zr/c1-18(21-12-8-10-19(21)14-16-23-25(2,3)4)22-13-9-11-20(22)15-17-24-26(5,6)7;;;/h12-13,18H,8-9,14-17H2,1-7H3;2*1H;/q-2;;;+4/p-2. The molecule has 0 saturated heterocycles. The summed E-state index contributed by atoms with van der Waals surface area (Å²) < 4.78 is 12.1. The summed E-state index contributed by atoms with van der Waals surface area (Å²) in [5.41, 5.74) is 5.62. The van der Waals surface area contributed by atoms with Gasteiger partial charge in [-0.15, -0.1) is 18.8 Å². The molecule has 0 aromatic rings. The minimum atomic E-state index is -1.44. The Labute approximate surface area is 212 Å². The average molecular weight is 551 g/mol. The van der Waals surface area contributed by atoms with E-state index in [2.05, 4.69) is 70.5 Å². The van der Waals surface area contributed by atoms with Gasteiger partial charge in [-0.05, 0) is 52.1 Å². The average Bonchev–Trinajstić information content (AvgIpc) is 3.13. The number of halogens is 2. The molecular formula is C22H36Cl2O2Si2Zr. The van der Waals surface area contributed by atoms with Gasteiger partial charge in [0.25, 0.3) is 0 Å². The van der Waals surface area contributed by atoms with Crippen LogP contribution in [0.5, 0.6) is 0 Å². The van der Waals surface area contributed by atoms with Crippen molar-refractivity contribution in [2.45, 2.75) is 71.9 Å². The molecule has 2 nitrogen and oxygen atoms in total. The first-order valence-electron chi connectivity index (χ1n) is 9.95. The zero-order chi connectivity index (χ0) is 19.4. The van der Waals surface area contributed by atoms with Gasteiger partial charge >= 0.3 is 26.2 Å². The number of hydrogen-bond acceptors (Lipinski definition) is 2. The SMILES string of the molecule is CC(C1=CC[C-]=C1CCO[Si](C)(C)C)C1=CC[C-]=C1CCO[Si](C)(C)C.[Cl-].[Cl-].[Zr+4]. The van der Waals surface area contributed by atoms with Crippen LogP contribution in [-0.4, -0.2) is 29.8 Å². The molecule has 0 fully saturated rings. The van der Waals surface area contributed by atoms with E-state index >= 15 is 0 Å². The van der Waals surface area contributed by atoms with Crippen molar-refractivity contribution < 1.29 is 59.9 Å². The fourth-order valence-electron chi connectivity index (χ4n) is 3.45. The van der Waals surface area contributed by atoms with Crippen molar-refractivity contribution >= 4 is 16.6 Å². The van der Waals surface area contributed by atoms with E-state index < -0.39 is 16.6 Å². The van der Waals surface area contributed by atoms with Gasteiger partial charge in [0.05, 0.1) is 0 Å². The molecule has 0 N–H and O–H groups in total. The second kappa shape index (κ2) is 14.0. The van der Waals surface area contributed by atoms with Gasteiger partial charge in [0, 0.05) is 13.2 Å². The second-order valence-electron chi connectivity index (χ2n) is 9.18. The van der Waals surface area contributed by atoms with Crippen molar-refractivity contribution in [2.24, 2.45) is 5.92 Å². The molecule has 0 spiro atoms. The Morgan fingerprint density at radius 3 is 1.45 bits per heavy atom. The van der Waals surface area contributed by atoms with Crippen LogP contribution in [0.3, 0.4) is 0 Å². The Morgan fingerprint density at radius 2 is 1.14 bits per heavy atom.